The van der Waals surface area contributed by atoms with E-state index in [0.29, 0.717) is 24.4 Å². The van der Waals surface area contributed by atoms with Gasteiger partial charge in [0.15, 0.2) is 0 Å². The summed E-state index contributed by atoms with van der Waals surface area (Å²) in [6.45, 7) is 0. The summed E-state index contributed by atoms with van der Waals surface area (Å²) in [6, 6.07) is 9.20. The fourth-order valence-corrected chi connectivity index (χ4v) is 4.07. The average Bonchev–Trinajstić information content (AvgIpc) is 2.72. The Morgan fingerprint density at radius 2 is 1.83 bits per heavy atom. The van der Waals surface area contributed by atoms with E-state index in [1.165, 1.54) is 24.4 Å². The van der Waals surface area contributed by atoms with Gasteiger partial charge >= 0.3 is 0 Å². The van der Waals surface area contributed by atoms with Crippen LogP contribution in [0.4, 0.5) is 14.6 Å². The Bertz CT molecular complexity index is 1180. The summed E-state index contributed by atoms with van der Waals surface area (Å²) in [4.78, 5) is 5.66. The topological polar surface area (TPSA) is 123 Å². The zero-order chi connectivity index (χ0) is 21.4. The Hall–Kier alpha value is -3.02. The maximum absolute atomic E-state index is 14.3. The molecule has 156 valence electrons. The largest absolute Gasteiger partial charge is 0.357 e. The van der Waals surface area contributed by atoms with Crippen LogP contribution in [-0.4, -0.2) is 23.6 Å². The molecule has 0 amide bonds. The third kappa shape index (κ3) is 3.62. The first-order valence-corrected chi connectivity index (χ1v) is 10.6. The molecule has 1 fully saturated rings. The Kier molecular flexibility index (Phi) is 5.18. The molecule has 1 saturated carbocycles. The van der Waals surface area contributed by atoms with Crippen LogP contribution in [0.25, 0.3) is 11.3 Å². The molecule has 1 aromatic carbocycles. The van der Waals surface area contributed by atoms with E-state index in [9.17, 15) is 17.2 Å². The smallest absolute Gasteiger partial charge is 0.253 e. The number of nitrogens with two attached hydrogens (primary N) is 1. The summed E-state index contributed by atoms with van der Waals surface area (Å²) >= 11 is 0. The first kappa shape index (κ1) is 20.3. The number of anilines is 1. The number of sulfonamides is 1. The van der Waals surface area contributed by atoms with Crippen molar-refractivity contribution in [2.75, 3.05) is 5.32 Å². The lowest BCUT2D eigenvalue weighted by atomic mass is 9.74. The quantitative estimate of drug-likeness (QED) is 0.404. The molecule has 0 radical (unpaired) electrons. The van der Waals surface area contributed by atoms with Crippen molar-refractivity contribution >= 4 is 15.8 Å². The van der Waals surface area contributed by atoms with Gasteiger partial charge in [-0.05, 0) is 61.7 Å². The van der Waals surface area contributed by atoms with Crippen LogP contribution in [0, 0.1) is 11.6 Å². The number of hydrogen-bond donors (Lipinski definition) is 3. The third-order valence-electron chi connectivity index (χ3n) is 5.13. The van der Waals surface area contributed by atoms with Crippen molar-refractivity contribution in [2.24, 2.45) is 5.84 Å². The van der Waals surface area contributed by atoms with Gasteiger partial charge in [0, 0.05) is 11.8 Å². The predicted octanol–water partition coefficient (Wildman–Crippen LogP) is 2.46. The highest BCUT2D eigenvalue weighted by atomic mass is 32.2. The second-order valence-electron chi connectivity index (χ2n) is 6.96. The van der Waals surface area contributed by atoms with Crippen LogP contribution in [0.3, 0.4) is 0 Å². The van der Waals surface area contributed by atoms with Crippen molar-refractivity contribution in [1.82, 2.24) is 20.0 Å². The van der Waals surface area contributed by atoms with Crippen LogP contribution in [0.2, 0.25) is 0 Å². The van der Waals surface area contributed by atoms with Gasteiger partial charge in [0.25, 0.3) is 10.0 Å². The molecule has 1 aliphatic rings. The summed E-state index contributed by atoms with van der Waals surface area (Å²) in [5.74, 6) is 4.33. The molecule has 0 bridgehead atoms. The minimum Gasteiger partial charge on any atom is -0.357 e. The minimum atomic E-state index is -3.95. The third-order valence-corrected chi connectivity index (χ3v) is 6.31. The zero-order valence-corrected chi connectivity index (χ0v) is 16.5. The molecule has 8 nitrogen and oxygen atoms in total. The molecular formula is C19H18F2N6O2S. The molecule has 30 heavy (non-hydrogen) atoms. The summed E-state index contributed by atoms with van der Waals surface area (Å²) in [5.41, 5.74) is -0.258. The van der Waals surface area contributed by atoms with E-state index < -0.39 is 27.2 Å². The molecule has 4 N–H and O–H groups in total. The molecule has 0 atom stereocenters. The van der Waals surface area contributed by atoms with E-state index in [2.05, 4.69) is 20.5 Å². The molecule has 0 unspecified atom stereocenters. The van der Waals surface area contributed by atoms with Gasteiger partial charge in [-0.25, -0.2) is 17.2 Å². The maximum atomic E-state index is 14.3. The fraction of sp³-hybridized carbons (Fsp3) is 0.211. The molecule has 2 aromatic heterocycles. The van der Waals surface area contributed by atoms with Crippen LogP contribution >= 0.6 is 0 Å². The first-order valence-electron chi connectivity index (χ1n) is 9.10. The lowest BCUT2D eigenvalue weighted by molar-refractivity contribution is 0.265. The standard InChI is InChI=1S/C19H18F2N6O2S/c20-14-5-4-12(30(28,29)27-22)11-13(14)16-6-7-17(26-25-16)24-19(8-2-9-19)18-15(21)3-1-10-23-18/h1,3-7,10-11,27H,2,8-9,22H2,(H,24,26). The Labute approximate surface area is 171 Å². The number of pyridine rings is 1. The Morgan fingerprint density at radius 1 is 1.03 bits per heavy atom. The summed E-state index contributed by atoms with van der Waals surface area (Å²) in [6.07, 6.45) is 3.82. The van der Waals surface area contributed by atoms with Gasteiger partial charge in [0.05, 0.1) is 16.1 Å². The number of nitrogens with one attached hydrogen (secondary N) is 2. The van der Waals surface area contributed by atoms with E-state index in [-0.39, 0.29) is 16.2 Å². The van der Waals surface area contributed by atoms with Gasteiger partial charge in [0.1, 0.15) is 23.1 Å². The lowest BCUT2D eigenvalue weighted by Gasteiger charge is -2.42. The number of rotatable bonds is 6. The van der Waals surface area contributed by atoms with Crippen molar-refractivity contribution in [3.8, 4) is 11.3 Å². The Morgan fingerprint density at radius 3 is 2.43 bits per heavy atom. The van der Waals surface area contributed by atoms with E-state index in [1.807, 2.05) is 0 Å². The molecule has 2 heterocycles. The van der Waals surface area contributed by atoms with Crippen molar-refractivity contribution in [3.05, 3.63) is 66.0 Å². The highest BCUT2D eigenvalue weighted by Gasteiger charge is 2.42. The second-order valence-corrected chi connectivity index (χ2v) is 8.68. The number of aromatic nitrogens is 3. The predicted molar refractivity (Wildman–Crippen MR) is 105 cm³/mol. The summed E-state index contributed by atoms with van der Waals surface area (Å²) < 4.78 is 52.3. The van der Waals surface area contributed by atoms with Crippen LogP contribution in [0.15, 0.2) is 53.6 Å². The van der Waals surface area contributed by atoms with Crippen LogP contribution in [0.5, 0.6) is 0 Å². The second kappa shape index (κ2) is 7.67. The monoisotopic (exact) mass is 432 g/mol. The van der Waals surface area contributed by atoms with Gasteiger partial charge in [-0.15, -0.1) is 10.2 Å². The summed E-state index contributed by atoms with van der Waals surface area (Å²) in [7, 11) is -3.95. The Balaban J connectivity index is 1.63. The van der Waals surface area contributed by atoms with Crippen LogP contribution < -0.4 is 16.0 Å². The lowest BCUT2D eigenvalue weighted by Crippen LogP contribution is -2.43. The maximum Gasteiger partial charge on any atom is 0.253 e. The number of benzene rings is 1. The van der Waals surface area contributed by atoms with Gasteiger partial charge in [-0.1, -0.05) is 0 Å². The molecule has 0 spiro atoms. The normalized spacial score (nSPS) is 15.4. The minimum absolute atomic E-state index is 0.0421. The number of halogens is 2. The molecular weight excluding hydrogens is 414 g/mol. The van der Waals surface area contributed by atoms with Gasteiger partial charge in [-0.3, -0.25) is 10.8 Å². The van der Waals surface area contributed by atoms with E-state index in [1.54, 1.807) is 10.9 Å². The van der Waals surface area contributed by atoms with Crippen molar-refractivity contribution in [1.29, 1.82) is 0 Å². The highest BCUT2D eigenvalue weighted by molar-refractivity contribution is 7.89. The average molecular weight is 432 g/mol. The van der Waals surface area contributed by atoms with Crippen molar-refractivity contribution in [3.63, 3.8) is 0 Å². The summed E-state index contributed by atoms with van der Waals surface area (Å²) in [5, 5.41) is 11.3. The highest BCUT2D eigenvalue weighted by Crippen LogP contribution is 2.43. The van der Waals surface area contributed by atoms with E-state index >= 15 is 0 Å². The van der Waals surface area contributed by atoms with Gasteiger partial charge in [-0.2, -0.15) is 4.83 Å². The van der Waals surface area contributed by atoms with Gasteiger partial charge < -0.3 is 5.32 Å². The first-order chi connectivity index (χ1) is 14.3. The van der Waals surface area contributed by atoms with E-state index in [0.717, 1.165) is 24.6 Å². The molecule has 3 aromatic rings. The molecule has 1 aliphatic carbocycles. The number of nitrogens with zero attached hydrogens (tertiary/aromatic N) is 3. The van der Waals surface area contributed by atoms with Crippen molar-refractivity contribution in [2.45, 2.75) is 29.7 Å². The van der Waals surface area contributed by atoms with Crippen LogP contribution in [0.1, 0.15) is 25.0 Å². The number of hydrogen-bond acceptors (Lipinski definition) is 7. The van der Waals surface area contributed by atoms with Crippen molar-refractivity contribution < 1.29 is 17.2 Å². The van der Waals surface area contributed by atoms with Crippen LogP contribution in [-0.2, 0) is 15.6 Å². The molecule has 0 saturated heterocycles. The van der Waals surface area contributed by atoms with Gasteiger partial charge in [0.2, 0.25) is 0 Å². The van der Waals surface area contributed by atoms with E-state index in [4.69, 9.17) is 5.84 Å². The number of hydrazine groups is 1. The SMILES string of the molecule is NNS(=O)(=O)c1ccc(F)c(-c2ccc(NC3(c4ncccc4F)CCC3)nn2)c1. The molecule has 11 heteroatoms. The molecule has 4 rings (SSSR count). The zero-order valence-electron chi connectivity index (χ0n) is 15.6. The molecule has 0 aliphatic heterocycles. The fourth-order valence-electron chi connectivity index (χ4n) is 3.41.